The maximum atomic E-state index is 11.5. The summed E-state index contributed by atoms with van der Waals surface area (Å²) >= 11 is 0. The minimum absolute atomic E-state index is 0.138. The Morgan fingerprint density at radius 2 is 2.18 bits per heavy atom. The van der Waals surface area contributed by atoms with E-state index in [0.717, 1.165) is 6.08 Å². The summed E-state index contributed by atoms with van der Waals surface area (Å²) in [5.41, 5.74) is 5.21. The second kappa shape index (κ2) is 3.98. The molecule has 7 nitrogen and oxygen atoms in total. The lowest BCUT2D eigenvalue weighted by Crippen LogP contribution is -2.15. The maximum absolute atomic E-state index is 11.5. The minimum Gasteiger partial charge on any atom is -0.421 e. The molecule has 0 aliphatic carbocycles. The van der Waals surface area contributed by atoms with Gasteiger partial charge in [0, 0.05) is 12.3 Å². The van der Waals surface area contributed by atoms with Gasteiger partial charge < -0.3 is 10.5 Å². The van der Waals surface area contributed by atoms with Gasteiger partial charge in [-0.15, -0.1) is 4.40 Å². The van der Waals surface area contributed by atoms with Gasteiger partial charge in [-0.2, -0.15) is 8.42 Å². The van der Waals surface area contributed by atoms with Gasteiger partial charge in [0.25, 0.3) is 10.0 Å². The van der Waals surface area contributed by atoms with Gasteiger partial charge in [-0.1, -0.05) is 0 Å². The van der Waals surface area contributed by atoms with Crippen LogP contribution in [0.4, 0.5) is 0 Å². The number of carbonyl (C=O) groups excluding carboxylic acids is 1. The molecule has 0 saturated carbocycles. The van der Waals surface area contributed by atoms with Crippen LogP contribution in [0.15, 0.2) is 39.9 Å². The number of hydrogen-bond donors (Lipinski definition) is 1. The molecule has 0 saturated heterocycles. The lowest BCUT2D eigenvalue weighted by Gasteiger charge is -2.02. The van der Waals surface area contributed by atoms with E-state index in [1.165, 1.54) is 18.5 Å². The van der Waals surface area contributed by atoms with Crippen LogP contribution in [0.25, 0.3) is 0 Å². The van der Waals surface area contributed by atoms with E-state index in [1.807, 2.05) is 0 Å². The molecular weight excluding hydrogens is 246 g/mol. The first-order valence-corrected chi connectivity index (χ1v) is 5.87. The number of esters is 1. The van der Waals surface area contributed by atoms with Gasteiger partial charge in [-0.25, -0.2) is 4.79 Å². The van der Waals surface area contributed by atoms with Crippen LogP contribution in [0.2, 0.25) is 0 Å². The van der Waals surface area contributed by atoms with E-state index in [0.29, 0.717) is 0 Å². The highest BCUT2D eigenvalue weighted by Crippen LogP contribution is 2.18. The number of ether oxygens (including phenoxy) is 1. The number of aromatic nitrogens is 1. The summed E-state index contributed by atoms with van der Waals surface area (Å²) in [4.78, 5) is 14.7. The summed E-state index contributed by atoms with van der Waals surface area (Å²) < 4.78 is 30.6. The Kier molecular flexibility index (Phi) is 2.64. The Hall–Kier alpha value is -2.22. The molecule has 0 atom stereocenters. The molecule has 0 spiro atoms. The van der Waals surface area contributed by atoms with Gasteiger partial charge in [-0.05, 0) is 12.1 Å². The van der Waals surface area contributed by atoms with Gasteiger partial charge in [0.15, 0.2) is 4.91 Å². The topological polar surface area (TPSA) is 112 Å². The molecule has 88 valence electrons. The quantitative estimate of drug-likeness (QED) is 0.716. The highest BCUT2D eigenvalue weighted by atomic mass is 32.2. The van der Waals surface area contributed by atoms with Gasteiger partial charge in [0.05, 0.1) is 6.20 Å². The fraction of sp³-hybridized carbons (Fsp3) is 0. The fourth-order valence-electron chi connectivity index (χ4n) is 1.15. The molecular formula is C9H7N3O4S. The largest absolute Gasteiger partial charge is 0.421 e. The number of pyridine rings is 1. The monoisotopic (exact) mass is 253 g/mol. The van der Waals surface area contributed by atoms with Crippen molar-refractivity contribution in [3.8, 4) is 5.75 Å². The SMILES string of the molecule is NC1=NS(=O)(=O)C(C(=O)Oc2cccnc2)=C1. The van der Waals surface area contributed by atoms with Crippen LogP contribution in [0.5, 0.6) is 5.75 Å². The molecule has 0 aromatic carbocycles. The van der Waals surface area contributed by atoms with Crippen LogP contribution in [-0.2, 0) is 14.8 Å². The zero-order valence-electron chi connectivity index (χ0n) is 8.40. The smallest absolute Gasteiger partial charge is 0.357 e. The number of hydrogen-bond acceptors (Lipinski definition) is 6. The molecule has 1 aromatic heterocycles. The van der Waals surface area contributed by atoms with Gasteiger partial charge in [0.1, 0.15) is 11.6 Å². The molecule has 1 aliphatic rings. The van der Waals surface area contributed by atoms with E-state index >= 15 is 0 Å². The zero-order valence-corrected chi connectivity index (χ0v) is 9.22. The van der Waals surface area contributed by atoms with Gasteiger partial charge >= 0.3 is 5.97 Å². The van der Waals surface area contributed by atoms with Crippen molar-refractivity contribution in [3.05, 3.63) is 35.5 Å². The first kappa shape index (κ1) is 11.3. The van der Waals surface area contributed by atoms with Gasteiger partial charge in [0.2, 0.25) is 0 Å². The number of nitrogens with two attached hydrogens (primary N) is 1. The Balaban J connectivity index is 2.22. The molecule has 0 amide bonds. The molecule has 0 unspecified atom stereocenters. The summed E-state index contributed by atoms with van der Waals surface area (Å²) in [5.74, 6) is -1.15. The van der Waals surface area contributed by atoms with Crippen molar-refractivity contribution in [3.63, 3.8) is 0 Å². The van der Waals surface area contributed by atoms with Crippen molar-refractivity contribution in [1.82, 2.24) is 4.98 Å². The number of sulfonamides is 1. The van der Waals surface area contributed by atoms with Crippen molar-refractivity contribution in [2.45, 2.75) is 0 Å². The fourth-order valence-corrected chi connectivity index (χ4v) is 2.10. The highest BCUT2D eigenvalue weighted by Gasteiger charge is 2.31. The molecule has 2 rings (SSSR count). The zero-order chi connectivity index (χ0) is 12.5. The van der Waals surface area contributed by atoms with Crippen LogP contribution < -0.4 is 10.5 Å². The molecule has 0 bridgehead atoms. The third kappa shape index (κ3) is 2.31. The molecule has 1 aromatic rings. The normalized spacial score (nSPS) is 17.2. The molecule has 17 heavy (non-hydrogen) atoms. The van der Waals surface area contributed by atoms with Gasteiger partial charge in [-0.3, -0.25) is 4.98 Å². The summed E-state index contributed by atoms with van der Waals surface area (Å²) in [5, 5.41) is 0. The maximum Gasteiger partial charge on any atom is 0.357 e. The molecule has 2 N–H and O–H groups in total. The summed E-state index contributed by atoms with van der Waals surface area (Å²) in [6.07, 6.45) is 3.72. The summed E-state index contributed by atoms with van der Waals surface area (Å²) in [6, 6.07) is 3.02. The first-order chi connectivity index (χ1) is 7.99. The van der Waals surface area contributed by atoms with E-state index in [1.54, 1.807) is 6.07 Å². The van der Waals surface area contributed by atoms with Crippen molar-refractivity contribution in [1.29, 1.82) is 0 Å². The lowest BCUT2D eigenvalue weighted by atomic mass is 10.4. The predicted molar refractivity (Wildman–Crippen MR) is 58.5 cm³/mol. The van der Waals surface area contributed by atoms with Crippen LogP contribution in [-0.4, -0.2) is 25.2 Å². The van der Waals surface area contributed by atoms with E-state index < -0.39 is 20.9 Å². The number of rotatable bonds is 2. The number of amidine groups is 1. The average molecular weight is 253 g/mol. The molecule has 8 heteroatoms. The van der Waals surface area contributed by atoms with Crippen molar-refractivity contribution < 1.29 is 17.9 Å². The summed E-state index contributed by atoms with van der Waals surface area (Å²) in [7, 11) is -4.03. The molecule has 2 heterocycles. The summed E-state index contributed by atoms with van der Waals surface area (Å²) in [6.45, 7) is 0. The van der Waals surface area contributed by atoms with Crippen molar-refractivity contribution >= 4 is 21.8 Å². The second-order valence-electron chi connectivity index (χ2n) is 3.08. The van der Waals surface area contributed by atoms with E-state index in [4.69, 9.17) is 10.5 Å². The first-order valence-electron chi connectivity index (χ1n) is 4.43. The van der Waals surface area contributed by atoms with Crippen molar-refractivity contribution in [2.24, 2.45) is 10.1 Å². The second-order valence-corrected chi connectivity index (χ2v) is 4.65. The van der Waals surface area contributed by atoms with E-state index in [2.05, 4.69) is 9.38 Å². The standard InChI is InChI=1S/C9H7N3O4S/c10-8-4-7(17(14,15)12-8)9(13)16-6-2-1-3-11-5-6/h1-5H,(H2,10,12). The Labute approximate surface area is 96.7 Å². The van der Waals surface area contributed by atoms with Crippen LogP contribution in [0.3, 0.4) is 0 Å². The van der Waals surface area contributed by atoms with Crippen LogP contribution in [0.1, 0.15) is 0 Å². The molecule has 1 aliphatic heterocycles. The molecule has 0 fully saturated rings. The van der Waals surface area contributed by atoms with E-state index in [-0.39, 0.29) is 11.6 Å². The Morgan fingerprint density at radius 3 is 2.71 bits per heavy atom. The lowest BCUT2D eigenvalue weighted by molar-refractivity contribution is -0.129. The van der Waals surface area contributed by atoms with Crippen LogP contribution in [0, 0.1) is 0 Å². The number of nitrogens with zero attached hydrogens (tertiary/aromatic N) is 2. The van der Waals surface area contributed by atoms with Crippen molar-refractivity contribution in [2.75, 3.05) is 0 Å². The Morgan fingerprint density at radius 1 is 1.41 bits per heavy atom. The minimum atomic E-state index is -4.03. The average Bonchev–Trinajstić information content (AvgIpc) is 2.53. The van der Waals surface area contributed by atoms with Crippen LogP contribution >= 0.6 is 0 Å². The Bertz CT molecular complexity index is 619. The molecule has 0 radical (unpaired) electrons. The number of carbonyl (C=O) groups is 1. The third-order valence-corrected chi connectivity index (χ3v) is 3.12. The third-order valence-electron chi connectivity index (χ3n) is 1.83. The predicted octanol–water partition coefficient (Wildman–Crippen LogP) is -0.429. The highest BCUT2D eigenvalue weighted by molar-refractivity contribution is 7.95. The van der Waals surface area contributed by atoms with E-state index in [9.17, 15) is 13.2 Å².